The number of amides is 1. The lowest BCUT2D eigenvalue weighted by Gasteiger charge is -2.16. The lowest BCUT2D eigenvalue weighted by Crippen LogP contribution is -2.19. The number of primary amides is 1. The van der Waals surface area contributed by atoms with Gasteiger partial charge in [-0.25, -0.2) is 9.97 Å². The third-order valence-electron chi connectivity index (χ3n) is 4.06. The van der Waals surface area contributed by atoms with Crippen molar-refractivity contribution >= 4 is 33.7 Å². The van der Waals surface area contributed by atoms with Gasteiger partial charge >= 0.3 is 0 Å². The second kappa shape index (κ2) is 4.44. The van der Waals surface area contributed by atoms with Crippen molar-refractivity contribution in [3.8, 4) is 0 Å². The maximum absolute atomic E-state index is 11.4. The predicted octanol–water partition coefficient (Wildman–Crippen LogP) is 1.81. The van der Waals surface area contributed by atoms with Crippen LogP contribution in [0.25, 0.3) is 21.9 Å². The van der Waals surface area contributed by atoms with Gasteiger partial charge in [0.1, 0.15) is 17.8 Å². The molecule has 1 amide bonds. The van der Waals surface area contributed by atoms with E-state index >= 15 is 0 Å². The fraction of sp³-hybridized carbons (Fsp3) is 0.267. The summed E-state index contributed by atoms with van der Waals surface area (Å²) in [6, 6.07) is 5.41. The average molecular weight is 281 g/mol. The highest BCUT2D eigenvalue weighted by Crippen LogP contribution is 2.32. The molecule has 0 bridgehead atoms. The molecule has 0 unspecified atom stereocenters. The van der Waals surface area contributed by atoms with Crippen LogP contribution in [0.3, 0.4) is 0 Å². The van der Waals surface area contributed by atoms with Gasteiger partial charge in [-0.15, -0.1) is 0 Å². The summed E-state index contributed by atoms with van der Waals surface area (Å²) in [5, 5.41) is 1.92. The van der Waals surface area contributed by atoms with E-state index in [4.69, 9.17) is 5.73 Å². The fourth-order valence-corrected chi connectivity index (χ4v) is 3.03. The summed E-state index contributed by atoms with van der Waals surface area (Å²) in [4.78, 5) is 25.7. The molecule has 3 aromatic rings. The number of hydrogen-bond donors (Lipinski definition) is 2. The Morgan fingerprint density at radius 3 is 2.81 bits per heavy atom. The topological polar surface area (TPSA) is 87.9 Å². The first kappa shape index (κ1) is 12.1. The number of aromatic amines is 1. The monoisotopic (exact) mass is 281 g/mol. The first-order valence-electron chi connectivity index (χ1n) is 7.05. The van der Waals surface area contributed by atoms with Gasteiger partial charge < -0.3 is 15.6 Å². The van der Waals surface area contributed by atoms with E-state index in [1.54, 1.807) is 12.4 Å². The van der Waals surface area contributed by atoms with Crippen LogP contribution in [-0.4, -0.2) is 33.9 Å². The summed E-state index contributed by atoms with van der Waals surface area (Å²) in [6.07, 6.45) is 3.95. The highest BCUT2D eigenvalue weighted by Gasteiger charge is 2.19. The van der Waals surface area contributed by atoms with Gasteiger partial charge in [0.15, 0.2) is 0 Å². The molecule has 21 heavy (non-hydrogen) atoms. The minimum Gasteiger partial charge on any atom is -0.366 e. The number of nitrogens with two attached hydrogens (primary N) is 1. The Balaban J connectivity index is 2.03. The number of nitrogens with one attached hydrogen (secondary N) is 1. The molecule has 1 aliphatic rings. The van der Waals surface area contributed by atoms with Crippen molar-refractivity contribution in [2.75, 3.05) is 18.0 Å². The van der Waals surface area contributed by atoms with Crippen LogP contribution in [0.4, 0.5) is 5.82 Å². The van der Waals surface area contributed by atoms with Crippen molar-refractivity contribution in [2.24, 2.45) is 5.73 Å². The van der Waals surface area contributed by atoms with E-state index in [2.05, 4.69) is 19.9 Å². The number of aromatic nitrogens is 3. The van der Waals surface area contributed by atoms with Gasteiger partial charge in [-0.2, -0.15) is 0 Å². The van der Waals surface area contributed by atoms with Crippen LogP contribution in [0.15, 0.2) is 24.5 Å². The Morgan fingerprint density at radius 2 is 2.05 bits per heavy atom. The molecular weight excluding hydrogens is 266 g/mol. The number of carbonyl (C=O) groups is 1. The number of nitrogens with zero attached hydrogens (tertiary/aromatic N) is 3. The maximum atomic E-state index is 11.4. The lowest BCUT2D eigenvalue weighted by molar-refractivity contribution is 0.100. The van der Waals surface area contributed by atoms with Gasteiger partial charge in [-0.1, -0.05) is 0 Å². The first-order valence-corrected chi connectivity index (χ1v) is 7.05. The third-order valence-corrected chi connectivity index (χ3v) is 4.06. The van der Waals surface area contributed by atoms with E-state index in [1.165, 1.54) is 12.8 Å². The van der Waals surface area contributed by atoms with E-state index in [0.29, 0.717) is 5.56 Å². The summed E-state index contributed by atoms with van der Waals surface area (Å²) in [7, 11) is 0. The van der Waals surface area contributed by atoms with Crippen molar-refractivity contribution < 1.29 is 4.79 Å². The fourth-order valence-electron chi connectivity index (χ4n) is 3.03. The molecule has 106 valence electrons. The minimum atomic E-state index is -0.425. The lowest BCUT2D eigenvalue weighted by atomic mass is 10.1. The van der Waals surface area contributed by atoms with Crippen LogP contribution >= 0.6 is 0 Å². The second-order valence-electron chi connectivity index (χ2n) is 5.36. The van der Waals surface area contributed by atoms with Gasteiger partial charge in [-0.3, -0.25) is 4.79 Å². The molecule has 0 atom stereocenters. The zero-order valence-corrected chi connectivity index (χ0v) is 11.5. The normalized spacial score (nSPS) is 15.1. The van der Waals surface area contributed by atoms with E-state index in [0.717, 1.165) is 40.8 Å². The van der Waals surface area contributed by atoms with Crippen LogP contribution in [0, 0.1) is 0 Å². The molecule has 6 nitrogen and oxygen atoms in total. The highest BCUT2D eigenvalue weighted by molar-refractivity contribution is 6.13. The van der Waals surface area contributed by atoms with E-state index < -0.39 is 5.91 Å². The molecule has 0 radical (unpaired) electrons. The molecule has 2 aromatic heterocycles. The predicted molar refractivity (Wildman–Crippen MR) is 81.4 cm³/mol. The Labute approximate surface area is 121 Å². The number of benzene rings is 1. The van der Waals surface area contributed by atoms with Crippen LogP contribution in [0.2, 0.25) is 0 Å². The number of hydrogen-bond acceptors (Lipinski definition) is 4. The number of anilines is 1. The summed E-state index contributed by atoms with van der Waals surface area (Å²) in [5.74, 6) is 0.510. The van der Waals surface area contributed by atoms with Gasteiger partial charge in [0, 0.05) is 29.6 Å². The smallest absolute Gasteiger partial charge is 0.248 e. The molecule has 4 rings (SSSR count). The number of rotatable bonds is 2. The van der Waals surface area contributed by atoms with Crippen molar-refractivity contribution in [3.63, 3.8) is 0 Å². The molecule has 3 N–H and O–H groups in total. The molecule has 1 saturated heterocycles. The Morgan fingerprint density at radius 1 is 1.24 bits per heavy atom. The summed E-state index contributed by atoms with van der Waals surface area (Å²) in [5.41, 5.74) is 7.62. The van der Waals surface area contributed by atoms with Gasteiger partial charge in [0.2, 0.25) is 5.91 Å². The third kappa shape index (κ3) is 1.83. The quantitative estimate of drug-likeness (QED) is 0.750. The number of carbonyl (C=O) groups excluding carboxylic acids is 1. The zero-order chi connectivity index (χ0) is 14.4. The average Bonchev–Trinajstić information content (AvgIpc) is 3.13. The van der Waals surface area contributed by atoms with E-state index in [-0.39, 0.29) is 0 Å². The van der Waals surface area contributed by atoms with Crippen LogP contribution in [0.1, 0.15) is 23.2 Å². The summed E-state index contributed by atoms with van der Waals surface area (Å²) in [6.45, 7) is 2.02. The van der Waals surface area contributed by atoms with Crippen LogP contribution in [-0.2, 0) is 0 Å². The molecule has 1 fully saturated rings. The standard InChI is InChI=1S/C15H15N5O/c16-13(21)9-3-4-11-10(7-9)12-14(19-11)17-8-18-15(12)20-5-1-2-6-20/h3-4,7-8H,1-2,5-6H2,(H2,16,21)(H,17,18,19). The SMILES string of the molecule is NC(=O)c1ccc2[nH]c3ncnc(N4CCCC4)c3c2c1. The number of H-pyrrole nitrogens is 1. The molecule has 0 spiro atoms. The molecule has 0 saturated carbocycles. The summed E-state index contributed by atoms with van der Waals surface area (Å²) < 4.78 is 0. The van der Waals surface area contributed by atoms with Gasteiger partial charge in [0.05, 0.1) is 5.39 Å². The molecule has 0 aliphatic carbocycles. The highest BCUT2D eigenvalue weighted by atomic mass is 16.1. The first-order chi connectivity index (χ1) is 10.2. The summed E-state index contributed by atoms with van der Waals surface area (Å²) >= 11 is 0. The van der Waals surface area contributed by atoms with Crippen molar-refractivity contribution in [1.82, 2.24) is 15.0 Å². The van der Waals surface area contributed by atoms with Crippen molar-refractivity contribution in [2.45, 2.75) is 12.8 Å². The minimum absolute atomic E-state index is 0.425. The Hall–Kier alpha value is -2.63. The zero-order valence-electron chi connectivity index (χ0n) is 11.5. The molecule has 1 aromatic carbocycles. The molecule has 1 aliphatic heterocycles. The largest absolute Gasteiger partial charge is 0.366 e. The maximum Gasteiger partial charge on any atom is 0.248 e. The molecular formula is C15H15N5O. The Bertz CT molecular complexity index is 848. The van der Waals surface area contributed by atoms with Gasteiger partial charge in [-0.05, 0) is 31.0 Å². The van der Waals surface area contributed by atoms with Crippen molar-refractivity contribution in [1.29, 1.82) is 0 Å². The second-order valence-corrected chi connectivity index (χ2v) is 5.36. The van der Waals surface area contributed by atoms with E-state index in [1.807, 2.05) is 12.1 Å². The van der Waals surface area contributed by atoms with Crippen molar-refractivity contribution in [3.05, 3.63) is 30.1 Å². The molecule has 6 heteroatoms. The van der Waals surface area contributed by atoms with Gasteiger partial charge in [0.25, 0.3) is 0 Å². The Kier molecular flexibility index (Phi) is 2.57. The van der Waals surface area contributed by atoms with Crippen LogP contribution < -0.4 is 10.6 Å². The molecule has 3 heterocycles. The van der Waals surface area contributed by atoms with Crippen LogP contribution in [0.5, 0.6) is 0 Å². The van der Waals surface area contributed by atoms with E-state index in [9.17, 15) is 4.79 Å². The number of fused-ring (bicyclic) bond motifs is 3.